The third-order valence-corrected chi connectivity index (χ3v) is 3.43. The molecule has 0 amide bonds. The van der Waals surface area contributed by atoms with Crippen molar-refractivity contribution in [2.75, 3.05) is 12.4 Å². The Balaban J connectivity index is 1.77. The third-order valence-electron chi connectivity index (χ3n) is 3.43. The van der Waals surface area contributed by atoms with E-state index in [2.05, 4.69) is 15.3 Å². The Bertz CT molecular complexity index is 890. The molecule has 4 rings (SSSR count). The summed E-state index contributed by atoms with van der Waals surface area (Å²) < 4.78 is 10.9. The van der Waals surface area contributed by atoms with Gasteiger partial charge in [0.25, 0.3) is 0 Å². The number of anilines is 2. The van der Waals surface area contributed by atoms with Gasteiger partial charge in [0.1, 0.15) is 6.26 Å². The van der Waals surface area contributed by atoms with Crippen molar-refractivity contribution in [2.24, 2.45) is 0 Å². The van der Waals surface area contributed by atoms with Crippen LogP contribution < -0.4 is 10.1 Å². The normalized spacial score (nSPS) is 11.1. The van der Waals surface area contributed by atoms with E-state index in [0.29, 0.717) is 11.7 Å². The summed E-state index contributed by atoms with van der Waals surface area (Å²) in [5, 5.41) is 4.21. The van der Waals surface area contributed by atoms with Crippen molar-refractivity contribution in [3.8, 4) is 5.75 Å². The summed E-state index contributed by atoms with van der Waals surface area (Å²) in [7, 11) is 1.63. The topological polar surface area (TPSA) is 63.1 Å². The minimum atomic E-state index is 0.682. The zero-order valence-corrected chi connectivity index (χ0v) is 11.4. The van der Waals surface area contributed by atoms with Crippen molar-refractivity contribution < 1.29 is 9.15 Å². The van der Waals surface area contributed by atoms with Crippen LogP contribution in [0.2, 0.25) is 0 Å². The number of rotatable bonds is 3. The van der Waals surface area contributed by atoms with Gasteiger partial charge in [-0.15, -0.1) is 0 Å². The van der Waals surface area contributed by atoms with Gasteiger partial charge in [-0.1, -0.05) is 18.2 Å². The molecule has 104 valence electrons. The predicted octanol–water partition coefficient (Wildman–Crippen LogP) is 4.06. The van der Waals surface area contributed by atoms with Gasteiger partial charge in [-0.2, -0.15) is 0 Å². The first-order valence-electron chi connectivity index (χ1n) is 6.61. The van der Waals surface area contributed by atoms with Gasteiger partial charge in [0.2, 0.25) is 5.95 Å². The molecule has 0 saturated heterocycles. The van der Waals surface area contributed by atoms with Crippen LogP contribution in [-0.4, -0.2) is 17.1 Å². The summed E-state index contributed by atoms with van der Waals surface area (Å²) in [6.45, 7) is 0. The molecule has 0 unspecified atom stereocenters. The average Bonchev–Trinajstić information content (AvgIpc) is 3.11. The number of ether oxygens (including phenoxy) is 1. The molecule has 2 N–H and O–H groups in total. The van der Waals surface area contributed by atoms with E-state index in [1.54, 1.807) is 13.4 Å². The van der Waals surface area contributed by atoms with Gasteiger partial charge in [0, 0.05) is 5.39 Å². The number of fused-ring (bicyclic) bond motifs is 2. The number of furan rings is 1. The highest BCUT2D eigenvalue weighted by atomic mass is 16.5. The number of aromatic amines is 1. The molecule has 5 nitrogen and oxygen atoms in total. The van der Waals surface area contributed by atoms with Gasteiger partial charge in [-0.05, 0) is 24.3 Å². The van der Waals surface area contributed by atoms with Crippen LogP contribution in [0.25, 0.3) is 22.0 Å². The molecule has 0 radical (unpaired) electrons. The van der Waals surface area contributed by atoms with Crippen LogP contribution in [0, 0.1) is 0 Å². The number of hydrogen-bond donors (Lipinski definition) is 2. The van der Waals surface area contributed by atoms with E-state index in [9.17, 15) is 0 Å². The third kappa shape index (κ3) is 1.90. The largest absolute Gasteiger partial charge is 0.493 e. The minimum Gasteiger partial charge on any atom is -0.493 e. The van der Waals surface area contributed by atoms with Crippen LogP contribution in [-0.2, 0) is 0 Å². The Morgan fingerprint density at radius 1 is 1.14 bits per heavy atom. The molecule has 2 heterocycles. The molecule has 4 aromatic rings. The van der Waals surface area contributed by atoms with Crippen LogP contribution in [0.15, 0.2) is 53.1 Å². The second-order valence-electron chi connectivity index (χ2n) is 4.71. The number of H-pyrrole nitrogens is 1. The molecular weight excluding hydrogens is 266 g/mol. The van der Waals surface area contributed by atoms with Gasteiger partial charge in [-0.25, -0.2) is 4.98 Å². The molecule has 0 bridgehead atoms. The highest BCUT2D eigenvalue weighted by Gasteiger charge is 2.11. The molecular formula is C16H13N3O2. The SMILES string of the molecule is COc1cccc2c(Nc3nc4ccccc4[nH]3)coc12. The van der Waals surface area contributed by atoms with Crippen molar-refractivity contribution in [1.82, 2.24) is 9.97 Å². The van der Waals surface area contributed by atoms with Crippen LogP contribution in [0.1, 0.15) is 0 Å². The Morgan fingerprint density at radius 2 is 2.05 bits per heavy atom. The molecule has 5 heteroatoms. The van der Waals surface area contributed by atoms with Crippen molar-refractivity contribution in [2.45, 2.75) is 0 Å². The first kappa shape index (κ1) is 11.8. The summed E-state index contributed by atoms with van der Waals surface area (Å²) in [5.74, 6) is 1.40. The summed E-state index contributed by atoms with van der Waals surface area (Å²) in [6, 6.07) is 13.7. The minimum absolute atomic E-state index is 0.682. The standard InChI is InChI=1S/C16H13N3O2/c1-20-14-8-4-5-10-13(9-21-15(10)14)19-16-17-11-6-2-3-7-12(11)18-16/h2-9H,1H3,(H2,17,18,19). The number of nitrogens with zero attached hydrogens (tertiary/aromatic N) is 1. The second kappa shape index (κ2) is 4.56. The second-order valence-corrected chi connectivity index (χ2v) is 4.71. The van der Waals surface area contributed by atoms with Gasteiger partial charge in [-0.3, -0.25) is 0 Å². The van der Waals surface area contributed by atoms with Crippen molar-refractivity contribution in [1.29, 1.82) is 0 Å². The maximum Gasteiger partial charge on any atom is 0.205 e. The fourth-order valence-corrected chi connectivity index (χ4v) is 2.43. The number of benzene rings is 2. The number of para-hydroxylation sites is 3. The highest BCUT2D eigenvalue weighted by molar-refractivity contribution is 5.95. The maximum atomic E-state index is 5.59. The van der Waals surface area contributed by atoms with Crippen molar-refractivity contribution >= 4 is 33.6 Å². The molecule has 0 spiro atoms. The molecule has 2 aromatic carbocycles. The lowest BCUT2D eigenvalue weighted by atomic mass is 10.2. The van der Waals surface area contributed by atoms with Crippen LogP contribution in [0.3, 0.4) is 0 Å². The van der Waals surface area contributed by atoms with E-state index < -0.39 is 0 Å². The van der Waals surface area contributed by atoms with Gasteiger partial charge >= 0.3 is 0 Å². The van der Waals surface area contributed by atoms with Gasteiger partial charge in [0.15, 0.2) is 11.3 Å². The van der Waals surface area contributed by atoms with Gasteiger partial charge < -0.3 is 19.5 Å². The molecule has 0 aliphatic rings. The predicted molar refractivity (Wildman–Crippen MR) is 82.1 cm³/mol. The highest BCUT2D eigenvalue weighted by Crippen LogP contribution is 2.33. The Kier molecular flexibility index (Phi) is 2.57. The molecule has 2 aromatic heterocycles. The van der Waals surface area contributed by atoms with Crippen molar-refractivity contribution in [3.05, 3.63) is 48.7 Å². The summed E-state index contributed by atoms with van der Waals surface area (Å²) >= 11 is 0. The molecule has 0 aliphatic carbocycles. The number of imidazole rings is 1. The Labute approximate surface area is 120 Å². The average molecular weight is 279 g/mol. The Morgan fingerprint density at radius 3 is 2.90 bits per heavy atom. The van der Waals surface area contributed by atoms with Crippen LogP contribution >= 0.6 is 0 Å². The van der Waals surface area contributed by atoms with Gasteiger partial charge in [0.05, 0.1) is 23.8 Å². The first-order chi connectivity index (χ1) is 10.3. The van der Waals surface area contributed by atoms with Crippen LogP contribution in [0.5, 0.6) is 5.75 Å². The maximum absolute atomic E-state index is 5.59. The van der Waals surface area contributed by atoms with E-state index in [4.69, 9.17) is 9.15 Å². The van der Waals surface area contributed by atoms with E-state index >= 15 is 0 Å². The molecule has 0 atom stereocenters. The summed E-state index contributed by atoms with van der Waals surface area (Å²) in [5.41, 5.74) is 3.48. The van der Waals surface area contributed by atoms with E-state index in [1.807, 2.05) is 42.5 Å². The quantitative estimate of drug-likeness (QED) is 0.593. The number of hydrogen-bond acceptors (Lipinski definition) is 4. The zero-order valence-electron chi connectivity index (χ0n) is 11.4. The molecule has 0 fully saturated rings. The fraction of sp³-hybridized carbons (Fsp3) is 0.0625. The fourth-order valence-electron chi connectivity index (χ4n) is 2.43. The monoisotopic (exact) mass is 279 g/mol. The van der Waals surface area contributed by atoms with E-state index in [0.717, 1.165) is 27.7 Å². The molecule has 0 saturated carbocycles. The lowest BCUT2D eigenvalue weighted by molar-refractivity contribution is 0.410. The zero-order chi connectivity index (χ0) is 14.2. The van der Waals surface area contributed by atoms with Crippen LogP contribution in [0.4, 0.5) is 11.6 Å². The van der Waals surface area contributed by atoms with Crippen molar-refractivity contribution in [3.63, 3.8) is 0 Å². The molecule has 0 aliphatic heterocycles. The summed E-state index contributed by atoms with van der Waals surface area (Å²) in [4.78, 5) is 7.73. The summed E-state index contributed by atoms with van der Waals surface area (Å²) in [6.07, 6.45) is 1.67. The number of methoxy groups -OCH3 is 1. The lowest BCUT2D eigenvalue weighted by Gasteiger charge is -2.01. The van der Waals surface area contributed by atoms with E-state index in [1.165, 1.54) is 0 Å². The number of aromatic nitrogens is 2. The van der Waals surface area contributed by atoms with E-state index in [-0.39, 0.29) is 0 Å². The first-order valence-corrected chi connectivity index (χ1v) is 6.61. The lowest BCUT2D eigenvalue weighted by Crippen LogP contribution is -1.91. The number of nitrogens with one attached hydrogen (secondary N) is 2. The Hall–Kier alpha value is -2.95. The molecule has 21 heavy (non-hydrogen) atoms. The smallest absolute Gasteiger partial charge is 0.205 e.